The number of pyridine rings is 1. The minimum Gasteiger partial charge on any atom is -0.381 e. The molecule has 2 heterocycles. The van der Waals surface area contributed by atoms with Gasteiger partial charge in [0.1, 0.15) is 5.82 Å². The molecular weight excluding hydrogens is 230 g/mol. The number of hydrogen-bond donors (Lipinski definition) is 2. The Labute approximate surface area is 107 Å². The third-order valence-electron chi connectivity index (χ3n) is 3.13. The number of carbonyl (C=O) groups is 1. The number of nitrogens with one attached hydrogen (secondary N) is 2. The van der Waals surface area contributed by atoms with Gasteiger partial charge < -0.3 is 10.1 Å². The maximum absolute atomic E-state index is 11.7. The summed E-state index contributed by atoms with van der Waals surface area (Å²) < 4.78 is 5.28. The predicted octanol–water partition coefficient (Wildman–Crippen LogP) is 1.94. The van der Waals surface area contributed by atoms with Crippen molar-refractivity contribution in [2.75, 3.05) is 25.1 Å². The van der Waals surface area contributed by atoms with E-state index < -0.39 is 0 Å². The van der Waals surface area contributed by atoms with Crippen LogP contribution >= 0.6 is 0 Å². The predicted molar refractivity (Wildman–Crippen MR) is 69.5 cm³/mol. The standard InChI is InChI=1S/C13H19N3O2/c1-10-3-2-6-14-12(10)16-13(17)15-9-11-4-7-18-8-5-11/h2-3,6,11H,4-5,7-9H2,1H3,(H2,14,15,16,17). The highest BCUT2D eigenvalue weighted by atomic mass is 16.5. The van der Waals surface area contributed by atoms with Crippen molar-refractivity contribution in [1.82, 2.24) is 10.3 Å². The van der Waals surface area contributed by atoms with Crippen LogP contribution in [0.15, 0.2) is 18.3 Å². The van der Waals surface area contributed by atoms with Crippen LogP contribution in [-0.4, -0.2) is 30.8 Å². The topological polar surface area (TPSA) is 63.2 Å². The van der Waals surface area contributed by atoms with Crippen molar-refractivity contribution in [2.45, 2.75) is 19.8 Å². The highest BCUT2D eigenvalue weighted by Gasteiger charge is 2.14. The molecule has 1 saturated heterocycles. The number of amides is 2. The van der Waals surface area contributed by atoms with Gasteiger partial charge in [-0.25, -0.2) is 9.78 Å². The second-order valence-electron chi connectivity index (χ2n) is 4.56. The Morgan fingerprint density at radius 2 is 2.28 bits per heavy atom. The number of aryl methyl sites for hydroxylation is 1. The minimum absolute atomic E-state index is 0.191. The highest BCUT2D eigenvalue weighted by Crippen LogP contribution is 2.13. The molecule has 1 aromatic rings. The molecule has 2 rings (SSSR count). The first-order valence-corrected chi connectivity index (χ1v) is 6.30. The second kappa shape index (κ2) is 6.35. The Bertz CT molecular complexity index is 403. The zero-order valence-corrected chi connectivity index (χ0v) is 10.6. The van der Waals surface area contributed by atoms with Crippen LogP contribution < -0.4 is 10.6 Å². The van der Waals surface area contributed by atoms with E-state index in [1.165, 1.54) is 0 Å². The van der Waals surface area contributed by atoms with Gasteiger partial charge in [-0.05, 0) is 37.3 Å². The van der Waals surface area contributed by atoms with Gasteiger partial charge in [0, 0.05) is 26.0 Å². The van der Waals surface area contributed by atoms with Gasteiger partial charge >= 0.3 is 6.03 Å². The van der Waals surface area contributed by atoms with E-state index >= 15 is 0 Å². The summed E-state index contributed by atoms with van der Waals surface area (Å²) in [6, 6.07) is 3.57. The largest absolute Gasteiger partial charge is 0.381 e. The number of urea groups is 1. The van der Waals surface area contributed by atoms with Crippen LogP contribution in [0.5, 0.6) is 0 Å². The summed E-state index contributed by atoms with van der Waals surface area (Å²) in [5.74, 6) is 1.14. The van der Waals surface area contributed by atoms with Crippen molar-refractivity contribution in [3.8, 4) is 0 Å². The Balaban J connectivity index is 1.76. The summed E-state index contributed by atoms with van der Waals surface area (Å²) in [5, 5.41) is 5.64. The molecular formula is C13H19N3O2. The Kier molecular flexibility index (Phi) is 4.52. The van der Waals surface area contributed by atoms with Gasteiger partial charge in [-0.3, -0.25) is 5.32 Å². The van der Waals surface area contributed by atoms with E-state index in [4.69, 9.17) is 4.74 Å². The van der Waals surface area contributed by atoms with E-state index in [1.54, 1.807) is 6.20 Å². The van der Waals surface area contributed by atoms with Crippen molar-refractivity contribution < 1.29 is 9.53 Å². The van der Waals surface area contributed by atoms with E-state index in [0.29, 0.717) is 18.3 Å². The quantitative estimate of drug-likeness (QED) is 0.860. The molecule has 0 aliphatic carbocycles. The number of aromatic nitrogens is 1. The molecule has 2 amide bonds. The van der Waals surface area contributed by atoms with Crippen LogP contribution in [0.2, 0.25) is 0 Å². The first-order chi connectivity index (χ1) is 8.75. The fourth-order valence-corrected chi connectivity index (χ4v) is 1.96. The molecule has 2 N–H and O–H groups in total. The summed E-state index contributed by atoms with van der Waals surface area (Å²) in [6.07, 6.45) is 3.70. The molecule has 0 atom stereocenters. The van der Waals surface area contributed by atoms with Gasteiger partial charge in [0.05, 0.1) is 0 Å². The fourth-order valence-electron chi connectivity index (χ4n) is 1.96. The molecule has 98 valence electrons. The molecule has 5 nitrogen and oxygen atoms in total. The van der Waals surface area contributed by atoms with Crippen molar-refractivity contribution in [1.29, 1.82) is 0 Å². The monoisotopic (exact) mass is 249 g/mol. The molecule has 0 unspecified atom stereocenters. The molecule has 0 radical (unpaired) electrons. The Morgan fingerprint density at radius 1 is 1.50 bits per heavy atom. The van der Waals surface area contributed by atoms with Gasteiger partial charge in [0.2, 0.25) is 0 Å². The maximum Gasteiger partial charge on any atom is 0.320 e. The van der Waals surface area contributed by atoms with E-state index in [-0.39, 0.29) is 6.03 Å². The van der Waals surface area contributed by atoms with Gasteiger partial charge in [-0.2, -0.15) is 0 Å². The van der Waals surface area contributed by atoms with E-state index in [9.17, 15) is 4.79 Å². The van der Waals surface area contributed by atoms with Crippen molar-refractivity contribution in [2.24, 2.45) is 5.92 Å². The van der Waals surface area contributed by atoms with Gasteiger partial charge in [0.25, 0.3) is 0 Å². The van der Waals surface area contributed by atoms with Crippen LogP contribution in [0.1, 0.15) is 18.4 Å². The number of ether oxygens (including phenoxy) is 1. The highest BCUT2D eigenvalue weighted by molar-refractivity contribution is 5.88. The second-order valence-corrected chi connectivity index (χ2v) is 4.56. The summed E-state index contributed by atoms with van der Waals surface area (Å²) >= 11 is 0. The maximum atomic E-state index is 11.7. The van der Waals surface area contributed by atoms with Gasteiger partial charge in [0.15, 0.2) is 0 Å². The average Bonchev–Trinajstić information content (AvgIpc) is 2.40. The summed E-state index contributed by atoms with van der Waals surface area (Å²) in [5.41, 5.74) is 0.957. The lowest BCUT2D eigenvalue weighted by molar-refractivity contribution is 0.0671. The molecule has 1 aromatic heterocycles. The Hall–Kier alpha value is -1.62. The SMILES string of the molecule is Cc1cccnc1NC(=O)NCC1CCOCC1. The third kappa shape index (κ3) is 3.70. The van der Waals surface area contributed by atoms with E-state index in [0.717, 1.165) is 31.6 Å². The Morgan fingerprint density at radius 3 is 3.00 bits per heavy atom. The molecule has 1 fully saturated rings. The lowest BCUT2D eigenvalue weighted by Crippen LogP contribution is -2.35. The average molecular weight is 249 g/mol. The number of hydrogen-bond acceptors (Lipinski definition) is 3. The third-order valence-corrected chi connectivity index (χ3v) is 3.13. The van der Waals surface area contributed by atoms with Gasteiger partial charge in [-0.15, -0.1) is 0 Å². The van der Waals surface area contributed by atoms with E-state index in [1.807, 2.05) is 19.1 Å². The molecule has 5 heteroatoms. The molecule has 0 spiro atoms. The lowest BCUT2D eigenvalue weighted by Gasteiger charge is -2.22. The number of anilines is 1. The summed E-state index contributed by atoms with van der Waals surface area (Å²) in [4.78, 5) is 15.8. The minimum atomic E-state index is -0.191. The first-order valence-electron chi connectivity index (χ1n) is 6.30. The number of rotatable bonds is 3. The lowest BCUT2D eigenvalue weighted by atomic mass is 10.0. The number of carbonyl (C=O) groups excluding carboxylic acids is 1. The van der Waals surface area contributed by atoms with Crippen LogP contribution in [0.3, 0.4) is 0 Å². The molecule has 0 aromatic carbocycles. The van der Waals surface area contributed by atoms with Gasteiger partial charge in [-0.1, -0.05) is 6.07 Å². The zero-order chi connectivity index (χ0) is 12.8. The first kappa shape index (κ1) is 12.8. The van der Waals surface area contributed by atoms with Crippen LogP contribution in [0.4, 0.5) is 10.6 Å². The van der Waals surface area contributed by atoms with Crippen LogP contribution in [0, 0.1) is 12.8 Å². The molecule has 1 aliphatic heterocycles. The zero-order valence-electron chi connectivity index (χ0n) is 10.6. The normalized spacial score (nSPS) is 16.3. The molecule has 0 bridgehead atoms. The fraction of sp³-hybridized carbons (Fsp3) is 0.538. The van der Waals surface area contributed by atoms with Crippen LogP contribution in [0.25, 0.3) is 0 Å². The number of nitrogens with zero attached hydrogens (tertiary/aromatic N) is 1. The van der Waals surface area contributed by atoms with Crippen molar-refractivity contribution in [3.63, 3.8) is 0 Å². The smallest absolute Gasteiger partial charge is 0.320 e. The van der Waals surface area contributed by atoms with Crippen molar-refractivity contribution in [3.05, 3.63) is 23.9 Å². The molecule has 0 saturated carbocycles. The van der Waals surface area contributed by atoms with Crippen molar-refractivity contribution >= 4 is 11.8 Å². The van der Waals surface area contributed by atoms with E-state index in [2.05, 4.69) is 15.6 Å². The molecule has 1 aliphatic rings. The summed E-state index contributed by atoms with van der Waals surface area (Å²) in [6.45, 7) is 4.21. The molecule has 18 heavy (non-hydrogen) atoms. The summed E-state index contributed by atoms with van der Waals surface area (Å²) in [7, 11) is 0. The van der Waals surface area contributed by atoms with Crippen LogP contribution in [-0.2, 0) is 4.74 Å².